The molecule has 8 heteroatoms. The summed E-state index contributed by atoms with van der Waals surface area (Å²) in [7, 11) is 4.51. The predicted molar refractivity (Wildman–Crippen MR) is 89.3 cm³/mol. The van der Waals surface area contributed by atoms with Gasteiger partial charge in [-0.05, 0) is 19.1 Å². The van der Waals surface area contributed by atoms with Crippen LogP contribution in [0.15, 0.2) is 41.1 Å². The van der Waals surface area contributed by atoms with E-state index in [1.165, 1.54) is 26.0 Å². The number of carbonyl (C=O) groups excluding carboxylic acids is 2. The quantitative estimate of drug-likeness (QED) is 0.744. The van der Waals surface area contributed by atoms with Gasteiger partial charge in [-0.25, -0.2) is 0 Å². The summed E-state index contributed by atoms with van der Waals surface area (Å²) in [5, 5.41) is 4.16. The minimum Gasteiger partial charge on any atom is -0.497 e. The van der Waals surface area contributed by atoms with Gasteiger partial charge in [0.2, 0.25) is 11.7 Å². The predicted octanol–water partition coefficient (Wildman–Crippen LogP) is 1.22. The Morgan fingerprint density at radius 2 is 1.96 bits per heavy atom. The van der Waals surface area contributed by atoms with E-state index in [-0.39, 0.29) is 18.0 Å². The van der Waals surface area contributed by atoms with Crippen molar-refractivity contribution in [2.24, 2.45) is 5.73 Å². The fourth-order valence-corrected chi connectivity index (χ4v) is 2.48. The zero-order valence-electron chi connectivity index (χ0n) is 14.7. The monoisotopic (exact) mass is 347 g/mol. The van der Waals surface area contributed by atoms with E-state index in [9.17, 15) is 9.59 Å². The maximum atomic E-state index is 12.8. The van der Waals surface area contributed by atoms with Crippen LogP contribution in [0.4, 0.5) is 0 Å². The summed E-state index contributed by atoms with van der Waals surface area (Å²) < 4.78 is 17.4. The van der Waals surface area contributed by atoms with Gasteiger partial charge in [0, 0.05) is 17.7 Å². The fraction of sp³-hybridized carbons (Fsp3) is 0.353. The van der Waals surface area contributed by atoms with Gasteiger partial charge in [-0.15, -0.1) is 0 Å². The Bertz CT molecular complexity index is 786. The highest BCUT2D eigenvalue weighted by Crippen LogP contribution is 2.27. The Morgan fingerprint density at radius 1 is 1.24 bits per heavy atom. The number of carbonyl (C=O) groups is 2. The minimum atomic E-state index is -0.529. The van der Waals surface area contributed by atoms with E-state index in [4.69, 9.17) is 19.9 Å². The van der Waals surface area contributed by atoms with Gasteiger partial charge in [0.15, 0.2) is 11.5 Å². The third kappa shape index (κ3) is 3.90. The lowest BCUT2D eigenvalue weighted by Gasteiger charge is -2.12. The highest BCUT2D eigenvalue weighted by molar-refractivity contribution is 6.09. The average molecular weight is 347 g/mol. The first-order valence-electron chi connectivity index (χ1n) is 7.56. The summed E-state index contributed by atoms with van der Waals surface area (Å²) in [5.41, 5.74) is 6.46. The van der Waals surface area contributed by atoms with Crippen LogP contribution in [0.1, 0.15) is 22.6 Å². The number of nitrogens with zero attached hydrogens (tertiary/aromatic N) is 2. The molecule has 1 aliphatic rings. The molecular weight excluding hydrogens is 326 g/mol. The van der Waals surface area contributed by atoms with Crippen LogP contribution in [0, 0.1) is 6.92 Å². The van der Waals surface area contributed by atoms with Crippen molar-refractivity contribution in [1.29, 1.82) is 0 Å². The lowest BCUT2D eigenvalue weighted by Crippen LogP contribution is -2.20. The van der Waals surface area contributed by atoms with E-state index in [0.29, 0.717) is 35.0 Å². The molecule has 2 rings (SSSR count). The number of hydrogen-bond acceptors (Lipinski definition) is 6. The van der Waals surface area contributed by atoms with Crippen LogP contribution >= 0.6 is 0 Å². The molecule has 0 bridgehead atoms. The molecule has 1 amide bonds. The Hall–Kier alpha value is -3.03. The number of Topliss-reactive ketones (excluding diaryl/α,β-unsaturated/α-hetero) is 1. The van der Waals surface area contributed by atoms with Crippen molar-refractivity contribution in [2.75, 3.05) is 21.3 Å². The number of hydrogen-bond donors (Lipinski definition) is 1. The topological polar surface area (TPSA) is 106 Å². The minimum absolute atomic E-state index is 0.0828. The molecule has 0 radical (unpaired) electrons. The van der Waals surface area contributed by atoms with Crippen molar-refractivity contribution in [3.8, 4) is 0 Å². The van der Waals surface area contributed by atoms with Crippen molar-refractivity contribution in [3.05, 3.63) is 52.5 Å². The van der Waals surface area contributed by atoms with E-state index in [0.717, 1.165) is 0 Å². The molecule has 1 aromatic rings. The maximum absolute atomic E-state index is 12.8. The molecule has 0 aliphatic heterocycles. The maximum Gasteiger partial charge on any atom is 0.239 e. The molecule has 1 aromatic heterocycles. The van der Waals surface area contributed by atoms with Crippen molar-refractivity contribution < 1.29 is 23.8 Å². The first-order valence-corrected chi connectivity index (χ1v) is 7.56. The molecule has 8 nitrogen and oxygen atoms in total. The number of ether oxygens (including phenoxy) is 3. The zero-order chi connectivity index (χ0) is 18.6. The summed E-state index contributed by atoms with van der Waals surface area (Å²) in [4.78, 5) is 23.9. The number of aromatic nitrogens is 2. The Kier molecular flexibility index (Phi) is 5.63. The van der Waals surface area contributed by atoms with Gasteiger partial charge in [0.05, 0.1) is 21.3 Å². The third-order valence-electron chi connectivity index (χ3n) is 3.72. The zero-order valence-corrected chi connectivity index (χ0v) is 14.7. The van der Waals surface area contributed by atoms with E-state index < -0.39 is 5.91 Å². The van der Waals surface area contributed by atoms with E-state index >= 15 is 0 Å². The summed E-state index contributed by atoms with van der Waals surface area (Å²) >= 11 is 0. The molecule has 0 saturated carbocycles. The van der Waals surface area contributed by atoms with Crippen molar-refractivity contribution in [2.45, 2.75) is 19.9 Å². The second kappa shape index (κ2) is 7.69. The first-order chi connectivity index (χ1) is 11.9. The van der Waals surface area contributed by atoms with E-state index in [1.807, 2.05) is 0 Å². The Labute approximate surface area is 145 Å². The van der Waals surface area contributed by atoms with Gasteiger partial charge in [-0.2, -0.15) is 5.10 Å². The van der Waals surface area contributed by atoms with Gasteiger partial charge in [0.1, 0.15) is 18.0 Å². The standard InChI is InChI=1S/C17H21N3O5/c1-10-7-12(19-20(10)9-15(18)21)16(22)11-5-6-13(23-2)17(25-4)14(8-11)24-3/h5,7-8H,6,9H2,1-4H3,(H2,18,21). The van der Waals surface area contributed by atoms with E-state index in [2.05, 4.69) is 5.10 Å². The Morgan fingerprint density at radius 3 is 2.52 bits per heavy atom. The van der Waals surface area contributed by atoms with Gasteiger partial charge >= 0.3 is 0 Å². The highest BCUT2D eigenvalue weighted by atomic mass is 16.5. The Balaban J connectivity index is 2.37. The number of ketones is 1. The van der Waals surface area contributed by atoms with Crippen LogP contribution in [0.25, 0.3) is 0 Å². The second-order valence-electron chi connectivity index (χ2n) is 5.36. The van der Waals surface area contributed by atoms with Crippen LogP contribution in [-0.4, -0.2) is 42.8 Å². The first kappa shape index (κ1) is 18.3. The molecule has 2 N–H and O–H groups in total. The lowest BCUT2D eigenvalue weighted by molar-refractivity contribution is -0.118. The van der Waals surface area contributed by atoms with E-state index in [1.54, 1.807) is 25.1 Å². The fourth-order valence-electron chi connectivity index (χ4n) is 2.48. The normalized spacial score (nSPS) is 14.4. The van der Waals surface area contributed by atoms with Gasteiger partial charge < -0.3 is 19.9 Å². The lowest BCUT2D eigenvalue weighted by atomic mass is 10.1. The molecule has 0 spiro atoms. The largest absolute Gasteiger partial charge is 0.497 e. The van der Waals surface area contributed by atoms with Crippen molar-refractivity contribution >= 4 is 11.7 Å². The van der Waals surface area contributed by atoms with Crippen LogP contribution in [0.5, 0.6) is 0 Å². The molecule has 0 aromatic carbocycles. The SMILES string of the molecule is COC1=CC(C(=O)c2cc(C)n(CC(N)=O)n2)=CCC(OC)=C1OC. The number of primary amides is 1. The highest BCUT2D eigenvalue weighted by Gasteiger charge is 2.23. The number of rotatable bonds is 7. The summed E-state index contributed by atoms with van der Waals surface area (Å²) in [5.74, 6) is 0.533. The molecule has 134 valence electrons. The second-order valence-corrected chi connectivity index (χ2v) is 5.36. The molecule has 25 heavy (non-hydrogen) atoms. The number of nitrogens with two attached hydrogens (primary N) is 1. The summed E-state index contributed by atoms with van der Waals surface area (Å²) in [6, 6.07) is 1.61. The molecule has 0 saturated heterocycles. The van der Waals surface area contributed by atoms with Crippen LogP contribution in [0.3, 0.4) is 0 Å². The number of allylic oxidation sites excluding steroid dienone is 3. The van der Waals surface area contributed by atoms with Crippen LogP contribution in [-0.2, 0) is 25.5 Å². The smallest absolute Gasteiger partial charge is 0.239 e. The number of aryl methyl sites for hydroxylation is 1. The van der Waals surface area contributed by atoms with Gasteiger partial charge in [-0.1, -0.05) is 6.08 Å². The number of methoxy groups -OCH3 is 3. The average Bonchev–Trinajstić information content (AvgIpc) is 2.83. The third-order valence-corrected chi connectivity index (χ3v) is 3.72. The molecular formula is C17H21N3O5. The summed E-state index contributed by atoms with van der Waals surface area (Å²) in [6.07, 6.45) is 3.66. The molecule has 0 unspecified atom stereocenters. The molecule has 0 fully saturated rings. The summed E-state index contributed by atoms with van der Waals surface area (Å²) in [6.45, 7) is 1.67. The molecule has 0 atom stereocenters. The van der Waals surface area contributed by atoms with Crippen LogP contribution in [0.2, 0.25) is 0 Å². The van der Waals surface area contributed by atoms with Crippen molar-refractivity contribution in [1.82, 2.24) is 9.78 Å². The van der Waals surface area contributed by atoms with Gasteiger partial charge in [-0.3, -0.25) is 14.3 Å². The molecule has 1 heterocycles. The van der Waals surface area contributed by atoms with Crippen LogP contribution < -0.4 is 5.73 Å². The molecule has 1 aliphatic carbocycles. The number of amides is 1. The van der Waals surface area contributed by atoms with Crippen molar-refractivity contribution in [3.63, 3.8) is 0 Å². The van der Waals surface area contributed by atoms with Gasteiger partial charge in [0.25, 0.3) is 0 Å².